The number of sulfonamides is 1. The van der Waals surface area contributed by atoms with E-state index in [0.29, 0.717) is 16.0 Å². The highest BCUT2D eigenvalue weighted by Crippen LogP contribution is 2.23. The molecule has 10 heteroatoms. The third-order valence-corrected chi connectivity index (χ3v) is 5.91. The zero-order valence-corrected chi connectivity index (χ0v) is 17.8. The molecule has 0 fully saturated rings. The second kappa shape index (κ2) is 9.84. The molecule has 29 heavy (non-hydrogen) atoms. The van der Waals surface area contributed by atoms with E-state index in [1.807, 2.05) is 6.92 Å². The van der Waals surface area contributed by atoms with Crippen molar-refractivity contribution in [2.45, 2.75) is 18.2 Å². The minimum atomic E-state index is -3.91. The Bertz CT molecular complexity index is 1010. The van der Waals surface area contributed by atoms with Crippen molar-refractivity contribution in [1.82, 2.24) is 9.79 Å². The fourth-order valence-corrected chi connectivity index (χ4v) is 3.58. The first-order chi connectivity index (χ1) is 13.7. The van der Waals surface area contributed by atoms with Crippen LogP contribution in [-0.4, -0.2) is 45.4 Å². The Morgan fingerprint density at radius 1 is 1.14 bits per heavy atom. The number of nitrogens with one attached hydrogen (secondary N) is 2. The van der Waals surface area contributed by atoms with Crippen LogP contribution in [0.1, 0.15) is 34.1 Å². The predicted octanol–water partition coefficient (Wildman–Crippen LogP) is 2.91. The molecule has 0 unspecified atom stereocenters. The summed E-state index contributed by atoms with van der Waals surface area (Å²) >= 11 is 6.01. The van der Waals surface area contributed by atoms with Gasteiger partial charge in [0.1, 0.15) is 0 Å². The summed E-state index contributed by atoms with van der Waals surface area (Å²) in [6.07, 6.45) is 0.762. The van der Waals surface area contributed by atoms with Crippen LogP contribution in [0, 0.1) is 0 Å². The lowest BCUT2D eigenvalue weighted by atomic mass is 10.1. The van der Waals surface area contributed by atoms with Gasteiger partial charge in [0, 0.05) is 24.2 Å². The van der Waals surface area contributed by atoms with Gasteiger partial charge in [0.2, 0.25) is 0 Å². The smallest absolute Gasteiger partial charge is 0.264 e. The average Bonchev–Trinajstić information content (AvgIpc) is 2.71. The molecule has 2 amide bonds. The Kier molecular flexibility index (Phi) is 7.74. The van der Waals surface area contributed by atoms with Gasteiger partial charge in [-0.05, 0) is 42.8 Å². The topological polar surface area (TPSA) is 105 Å². The van der Waals surface area contributed by atoms with E-state index in [0.717, 1.165) is 6.42 Å². The molecule has 2 aromatic carbocycles. The molecule has 0 aromatic heterocycles. The number of halogens is 1. The van der Waals surface area contributed by atoms with Crippen LogP contribution in [0.3, 0.4) is 0 Å². The van der Waals surface area contributed by atoms with Crippen molar-refractivity contribution in [2.24, 2.45) is 0 Å². The Balaban J connectivity index is 2.33. The number of nitrogens with zero attached hydrogens (tertiary/aromatic N) is 1. The van der Waals surface area contributed by atoms with Gasteiger partial charge in [-0.1, -0.05) is 29.1 Å². The lowest BCUT2D eigenvalue weighted by Crippen LogP contribution is -2.26. The third kappa shape index (κ3) is 5.54. The largest absolute Gasteiger partial charge is 0.352 e. The maximum atomic E-state index is 12.7. The van der Waals surface area contributed by atoms with Crippen LogP contribution in [-0.2, 0) is 14.9 Å². The number of carbonyl (C=O) groups is 2. The molecule has 0 aliphatic heterocycles. The summed E-state index contributed by atoms with van der Waals surface area (Å²) < 4.78 is 25.5. The van der Waals surface area contributed by atoms with Gasteiger partial charge in [-0.15, -0.1) is 0 Å². The lowest BCUT2D eigenvalue weighted by Gasteiger charge is -2.15. The molecule has 2 N–H and O–H groups in total. The molecule has 0 spiro atoms. The molecule has 0 saturated carbocycles. The molecule has 8 nitrogen and oxygen atoms in total. The van der Waals surface area contributed by atoms with Gasteiger partial charge >= 0.3 is 0 Å². The van der Waals surface area contributed by atoms with Crippen molar-refractivity contribution in [2.75, 3.05) is 26.0 Å². The van der Waals surface area contributed by atoms with Crippen molar-refractivity contribution >= 4 is 39.1 Å². The second-order valence-corrected chi connectivity index (χ2v) is 8.40. The van der Waals surface area contributed by atoms with Crippen LogP contribution in [0.25, 0.3) is 0 Å². The lowest BCUT2D eigenvalue weighted by molar-refractivity contribution is -0.0258. The highest BCUT2D eigenvalue weighted by molar-refractivity contribution is 7.89. The van der Waals surface area contributed by atoms with Crippen molar-refractivity contribution in [3.05, 3.63) is 58.6 Å². The highest BCUT2D eigenvalue weighted by atomic mass is 35.5. The van der Waals surface area contributed by atoms with Crippen LogP contribution in [0.15, 0.2) is 47.4 Å². The number of amides is 2. The number of rotatable bonds is 8. The van der Waals surface area contributed by atoms with E-state index < -0.39 is 15.9 Å². The van der Waals surface area contributed by atoms with Gasteiger partial charge in [0.15, 0.2) is 0 Å². The van der Waals surface area contributed by atoms with Crippen molar-refractivity contribution in [3.8, 4) is 0 Å². The number of hydroxylamine groups is 1. The van der Waals surface area contributed by atoms with Gasteiger partial charge in [-0.3, -0.25) is 14.4 Å². The molecular weight excluding hydrogens is 418 g/mol. The van der Waals surface area contributed by atoms with Crippen LogP contribution in [0.4, 0.5) is 5.69 Å². The van der Waals surface area contributed by atoms with Crippen LogP contribution in [0.5, 0.6) is 0 Å². The molecule has 0 radical (unpaired) electrons. The average molecular weight is 440 g/mol. The molecule has 2 aromatic rings. The minimum Gasteiger partial charge on any atom is -0.352 e. The molecule has 0 aliphatic rings. The molecular formula is C19H22ClN3O5S. The predicted molar refractivity (Wildman–Crippen MR) is 110 cm³/mol. The quantitative estimate of drug-likeness (QED) is 0.615. The minimum absolute atomic E-state index is 0.0930. The van der Waals surface area contributed by atoms with Crippen molar-refractivity contribution in [1.29, 1.82) is 0 Å². The summed E-state index contributed by atoms with van der Waals surface area (Å²) in [5, 5.41) is 5.70. The first-order valence-corrected chi connectivity index (χ1v) is 10.5. The monoisotopic (exact) mass is 439 g/mol. The number of carbonyl (C=O) groups excluding carboxylic acids is 2. The summed E-state index contributed by atoms with van der Waals surface area (Å²) in [6.45, 7) is 2.41. The van der Waals surface area contributed by atoms with Gasteiger partial charge in [-0.2, -0.15) is 0 Å². The number of anilines is 1. The summed E-state index contributed by atoms with van der Waals surface area (Å²) in [6, 6.07) is 10.00. The summed E-state index contributed by atoms with van der Waals surface area (Å²) in [7, 11) is -1.44. The molecule has 0 heterocycles. The standard InChI is InChI=1S/C19H22ClN3O5S/c1-4-10-21-19(25)16-9-8-14(20)12-17(16)22-18(24)13-6-5-7-15(11-13)29(26,27)23(2)28-3/h5-9,11-12H,4,10H2,1-3H3,(H,21,25)(H,22,24). The van der Waals surface area contributed by atoms with E-state index in [1.165, 1.54) is 50.6 Å². The van der Waals surface area contributed by atoms with Crippen LogP contribution < -0.4 is 10.6 Å². The zero-order chi connectivity index (χ0) is 21.6. The first kappa shape index (κ1) is 22.8. The Morgan fingerprint density at radius 2 is 1.86 bits per heavy atom. The van der Waals surface area contributed by atoms with Gasteiger partial charge in [-0.25, -0.2) is 8.42 Å². The molecule has 0 bridgehead atoms. The Morgan fingerprint density at radius 3 is 2.52 bits per heavy atom. The molecule has 2 rings (SSSR count). The van der Waals surface area contributed by atoms with Gasteiger partial charge < -0.3 is 10.6 Å². The van der Waals surface area contributed by atoms with Crippen LogP contribution in [0.2, 0.25) is 5.02 Å². The van der Waals surface area contributed by atoms with E-state index in [2.05, 4.69) is 10.6 Å². The number of hydrogen-bond acceptors (Lipinski definition) is 5. The fraction of sp³-hybridized carbons (Fsp3) is 0.263. The Hall–Kier alpha value is -2.46. The molecule has 0 saturated heterocycles. The zero-order valence-electron chi connectivity index (χ0n) is 16.2. The normalized spacial score (nSPS) is 11.3. The van der Waals surface area contributed by atoms with Crippen LogP contribution >= 0.6 is 11.6 Å². The number of benzene rings is 2. The SMILES string of the molecule is CCCNC(=O)c1ccc(Cl)cc1NC(=O)c1cccc(S(=O)(=O)N(C)OC)c1. The van der Waals surface area contributed by atoms with E-state index in [4.69, 9.17) is 16.4 Å². The molecule has 156 valence electrons. The van der Waals surface area contributed by atoms with Crippen molar-refractivity contribution < 1.29 is 22.8 Å². The summed E-state index contributed by atoms with van der Waals surface area (Å²) in [4.78, 5) is 29.7. The maximum absolute atomic E-state index is 12.7. The summed E-state index contributed by atoms with van der Waals surface area (Å²) in [5.41, 5.74) is 0.563. The first-order valence-electron chi connectivity index (χ1n) is 8.73. The van der Waals surface area contributed by atoms with E-state index in [1.54, 1.807) is 6.07 Å². The Labute approximate surface area is 174 Å². The molecule has 0 aliphatic carbocycles. The van der Waals surface area contributed by atoms with E-state index in [9.17, 15) is 18.0 Å². The third-order valence-electron chi connectivity index (χ3n) is 4.00. The number of hydrogen-bond donors (Lipinski definition) is 2. The van der Waals surface area contributed by atoms with E-state index >= 15 is 0 Å². The second-order valence-electron chi connectivity index (χ2n) is 6.03. The maximum Gasteiger partial charge on any atom is 0.264 e. The summed E-state index contributed by atoms with van der Waals surface area (Å²) in [5.74, 6) is -0.939. The highest BCUT2D eigenvalue weighted by Gasteiger charge is 2.22. The van der Waals surface area contributed by atoms with Gasteiger partial charge in [0.25, 0.3) is 21.8 Å². The van der Waals surface area contributed by atoms with Gasteiger partial charge in [0.05, 0.1) is 23.3 Å². The fourth-order valence-electron chi connectivity index (χ4n) is 2.39. The van der Waals surface area contributed by atoms with E-state index in [-0.39, 0.29) is 27.6 Å². The molecule has 0 atom stereocenters. The van der Waals surface area contributed by atoms with Crippen molar-refractivity contribution in [3.63, 3.8) is 0 Å².